The number of benzene rings is 3. The van der Waals surface area contributed by atoms with Crippen molar-refractivity contribution < 1.29 is 19.4 Å². The van der Waals surface area contributed by atoms with Crippen molar-refractivity contribution >= 4 is 40.0 Å². The molecule has 1 unspecified atom stereocenters. The second-order valence-corrected chi connectivity index (χ2v) is 12.7. The largest absolute Gasteiger partial charge is 0.386 e. The first-order valence-electron chi connectivity index (χ1n) is 15.7. The number of aromatic nitrogens is 2. The van der Waals surface area contributed by atoms with Crippen molar-refractivity contribution in [1.29, 1.82) is 0 Å². The number of ether oxygens (including phenoxy) is 1. The Hall–Kier alpha value is -4.58. The molecule has 0 saturated carbocycles. The van der Waals surface area contributed by atoms with Crippen LogP contribution in [-0.2, 0) is 10.3 Å². The summed E-state index contributed by atoms with van der Waals surface area (Å²) >= 11 is 0. The number of nitrogens with one attached hydrogen (secondary N) is 2. The van der Waals surface area contributed by atoms with Crippen molar-refractivity contribution in [1.82, 2.24) is 19.8 Å². The maximum atomic E-state index is 12.9. The maximum absolute atomic E-state index is 12.9. The lowest BCUT2D eigenvalue weighted by Gasteiger charge is -2.29. The molecule has 6 rings (SSSR count). The Labute approximate surface area is 269 Å². The highest BCUT2D eigenvalue weighted by atomic mass is 16.5. The number of hydrogen-bond donors (Lipinski definition) is 3. The first-order valence-corrected chi connectivity index (χ1v) is 15.7. The molecule has 2 aliphatic heterocycles. The maximum Gasteiger partial charge on any atom is 0.323 e. The van der Waals surface area contributed by atoms with Crippen LogP contribution in [0.2, 0.25) is 0 Å². The smallest absolute Gasteiger partial charge is 0.323 e. The van der Waals surface area contributed by atoms with Crippen LogP contribution in [-0.4, -0.2) is 96.3 Å². The molecule has 3 aromatic carbocycles. The van der Waals surface area contributed by atoms with Crippen molar-refractivity contribution in [2.24, 2.45) is 0 Å². The second-order valence-electron chi connectivity index (χ2n) is 12.7. The minimum Gasteiger partial charge on any atom is -0.386 e. The number of fused-ring (bicyclic) bond motifs is 1. The number of likely N-dealkylation sites (tertiary alicyclic amines) is 1. The van der Waals surface area contributed by atoms with Gasteiger partial charge < -0.3 is 35.2 Å². The lowest BCUT2D eigenvalue weighted by molar-refractivity contribution is 0.0778. The fourth-order valence-electron chi connectivity index (χ4n) is 5.86. The number of amides is 3. The minimum absolute atomic E-state index is 0.00516. The molecule has 240 valence electrons. The van der Waals surface area contributed by atoms with E-state index >= 15 is 0 Å². The normalized spacial score (nSPS) is 17.0. The van der Waals surface area contributed by atoms with Crippen molar-refractivity contribution in [2.45, 2.75) is 31.9 Å². The number of morpholine rings is 1. The van der Waals surface area contributed by atoms with Crippen LogP contribution < -0.4 is 15.5 Å². The molecule has 1 aromatic heterocycles. The van der Waals surface area contributed by atoms with Crippen LogP contribution >= 0.6 is 0 Å². The Morgan fingerprint density at radius 3 is 2.17 bits per heavy atom. The number of anilines is 3. The summed E-state index contributed by atoms with van der Waals surface area (Å²) in [4.78, 5) is 41.8. The standard InChI is InChI=1S/C35H41N7O4/c1-35(2,45)25-9-14-29-30(21-25)38-31(39-32(29)41-17-19-46-20-18-41)23-5-10-26(11-6-23)36-34(44)37-27-12-7-24(8-13-27)33(43)42-16-15-28(22-42)40(3)4/h5-14,21,28,45H,15-20,22H2,1-4H3,(H2,36,37,44). The lowest BCUT2D eigenvalue weighted by atomic mass is 9.97. The van der Waals surface area contributed by atoms with E-state index in [9.17, 15) is 14.7 Å². The molecular formula is C35H41N7O4. The third-order valence-electron chi connectivity index (χ3n) is 8.67. The van der Waals surface area contributed by atoms with E-state index in [-0.39, 0.29) is 5.91 Å². The van der Waals surface area contributed by atoms with Gasteiger partial charge in [-0.3, -0.25) is 4.79 Å². The molecule has 2 saturated heterocycles. The molecular weight excluding hydrogens is 582 g/mol. The molecule has 0 aliphatic carbocycles. The summed E-state index contributed by atoms with van der Waals surface area (Å²) < 4.78 is 5.56. The van der Waals surface area contributed by atoms with E-state index in [0.717, 1.165) is 60.4 Å². The van der Waals surface area contributed by atoms with Gasteiger partial charge in [0, 0.05) is 60.1 Å². The molecule has 2 aliphatic rings. The van der Waals surface area contributed by atoms with Crippen LogP contribution in [0.4, 0.5) is 22.0 Å². The van der Waals surface area contributed by atoms with E-state index in [1.165, 1.54) is 0 Å². The zero-order valence-electron chi connectivity index (χ0n) is 26.8. The van der Waals surface area contributed by atoms with E-state index in [1.807, 2.05) is 61.5 Å². The lowest BCUT2D eigenvalue weighted by Crippen LogP contribution is -2.37. The number of likely N-dealkylation sites (N-methyl/N-ethyl adjacent to an activating group) is 1. The van der Waals surface area contributed by atoms with Gasteiger partial charge in [-0.1, -0.05) is 6.07 Å². The van der Waals surface area contributed by atoms with E-state index in [4.69, 9.17) is 14.7 Å². The fraction of sp³-hybridized carbons (Fsp3) is 0.371. The molecule has 1 atom stereocenters. The first-order chi connectivity index (χ1) is 22.0. The highest BCUT2D eigenvalue weighted by molar-refractivity contribution is 6.00. The Balaban J connectivity index is 1.14. The summed E-state index contributed by atoms with van der Waals surface area (Å²) in [5.41, 5.74) is 3.11. The van der Waals surface area contributed by atoms with Crippen molar-refractivity contribution in [2.75, 3.05) is 69.0 Å². The number of hydrogen-bond acceptors (Lipinski definition) is 8. The number of aliphatic hydroxyl groups is 1. The van der Waals surface area contributed by atoms with Gasteiger partial charge in [-0.05, 0) is 101 Å². The van der Waals surface area contributed by atoms with Gasteiger partial charge in [-0.2, -0.15) is 0 Å². The third-order valence-corrected chi connectivity index (χ3v) is 8.67. The van der Waals surface area contributed by atoms with Crippen LogP contribution in [0, 0.1) is 0 Å². The van der Waals surface area contributed by atoms with Crippen LogP contribution in [0.25, 0.3) is 22.3 Å². The summed E-state index contributed by atoms with van der Waals surface area (Å²) in [6.45, 7) is 7.69. The average Bonchev–Trinajstić information content (AvgIpc) is 3.55. The monoisotopic (exact) mass is 623 g/mol. The van der Waals surface area contributed by atoms with Gasteiger partial charge >= 0.3 is 6.03 Å². The molecule has 0 radical (unpaired) electrons. The number of urea groups is 1. The van der Waals surface area contributed by atoms with Crippen LogP contribution in [0.1, 0.15) is 36.2 Å². The van der Waals surface area contributed by atoms with Crippen LogP contribution in [0.15, 0.2) is 66.7 Å². The van der Waals surface area contributed by atoms with E-state index in [0.29, 0.717) is 42.0 Å². The minimum atomic E-state index is -1.00. The molecule has 3 heterocycles. The first kappa shape index (κ1) is 31.4. The number of carbonyl (C=O) groups is 2. The molecule has 46 heavy (non-hydrogen) atoms. The number of rotatable bonds is 7. The van der Waals surface area contributed by atoms with Crippen LogP contribution in [0.3, 0.4) is 0 Å². The third kappa shape index (κ3) is 6.96. The van der Waals surface area contributed by atoms with Gasteiger partial charge in [0.15, 0.2) is 5.82 Å². The summed E-state index contributed by atoms with van der Waals surface area (Å²) in [5.74, 6) is 1.39. The quantitative estimate of drug-likeness (QED) is 0.269. The van der Waals surface area contributed by atoms with Gasteiger partial charge in [0.2, 0.25) is 0 Å². The van der Waals surface area contributed by atoms with Crippen molar-refractivity contribution in [3.63, 3.8) is 0 Å². The Morgan fingerprint density at radius 1 is 0.913 bits per heavy atom. The number of nitrogens with zero attached hydrogens (tertiary/aromatic N) is 5. The molecule has 3 amide bonds. The molecule has 2 fully saturated rings. The van der Waals surface area contributed by atoms with Crippen LogP contribution in [0.5, 0.6) is 0 Å². The zero-order chi connectivity index (χ0) is 32.4. The van der Waals surface area contributed by atoms with E-state index < -0.39 is 11.6 Å². The molecule has 11 nitrogen and oxygen atoms in total. The molecule has 0 spiro atoms. The van der Waals surface area contributed by atoms with Crippen molar-refractivity contribution in [3.05, 3.63) is 77.9 Å². The zero-order valence-corrected chi connectivity index (χ0v) is 26.8. The summed E-state index contributed by atoms with van der Waals surface area (Å²) in [7, 11) is 4.07. The van der Waals surface area contributed by atoms with Gasteiger partial charge in [0.05, 0.1) is 24.3 Å². The Morgan fingerprint density at radius 2 is 1.57 bits per heavy atom. The summed E-state index contributed by atoms with van der Waals surface area (Å²) in [5, 5.41) is 17.2. The number of carbonyl (C=O) groups excluding carboxylic acids is 2. The summed E-state index contributed by atoms with van der Waals surface area (Å²) in [6.07, 6.45) is 0.967. The Kier molecular flexibility index (Phi) is 8.90. The average molecular weight is 624 g/mol. The van der Waals surface area contributed by atoms with E-state index in [2.05, 4.69) is 20.4 Å². The molecule has 0 bridgehead atoms. The molecule has 11 heteroatoms. The predicted octanol–water partition coefficient (Wildman–Crippen LogP) is 4.78. The highest BCUT2D eigenvalue weighted by Gasteiger charge is 2.28. The summed E-state index contributed by atoms with van der Waals surface area (Å²) in [6, 6.07) is 20.1. The van der Waals surface area contributed by atoms with Gasteiger partial charge in [0.25, 0.3) is 5.91 Å². The SMILES string of the molecule is CN(C)C1CCN(C(=O)c2ccc(NC(=O)Nc3ccc(-c4nc(N5CCOCC5)c5ccc(C(C)(C)O)cc5n4)cc3)cc2)C1. The highest BCUT2D eigenvalue weighted by Crippen LogP contribution is 2.32. The van der Waals surface area contributed by atoms with Gasteiger partial charge in [0.1, 0.15) is 5.82 Å². The van der Waals surface area contributed by atoms with Gasteiger partial charge in [-0.15, -0.1) is 0 Å². The topological polar surface area (TPSA) is 123 Å². The van der Waals surface area contributed by atoms with Crippen molar-refractivity contribution in [3.8, 4) is 11.4 Å². The molecule has 3 N–H and O–H groups in total. The Bertz CT molecular complexity index is 1710. The fourth-order valence-corrected chi connectivity index (χ4v) is 5.86. The predicted molar refractivity (Wildman–Crippen MR) is 180 cm³/mol. The second kappa shape index (κ2) is 13.0. The van der Waals surface area contributed by atoms with E-state index in [1.54, 1.807) is 38.1 Å². The molecule has 4 aromatic rings. The van der Waals surface area contributed by atoms with Gasteiger partial charge in [-0.25, -0.2) is 14.8 Å².